The summed E-state index contributed by atoms with van der Waals surface area (Å²) < 4.78 is 0. The van der Waals surface area contributed by atoms with E-state index < -0.39 is 0 Å². The first-order valence-corrected chi connectivity index (χ1v) is 9.03. The van der Waals surface area contributed by atoms with Crippen LogP contribution in [0.4, 0.5) is 17.3 Å². The number of aryl methyl sites for hydroxylation is 3. The van der Waals surface area contributed by atoms with Gasteiger partial charge in [0.2, 0.25) is 5.95 Å². The maximum Gasteiger partial charge on any atom is 0.258 e. The monoisotopic (exact) mass is 360 g/mol. The molecule has 2 aromatic carbocycles. The molecule has 5 nitrogen and oxygen atoms in total. The number of rotatable bonds is 5. The molecule has 0 aliphatic heterocycles. The van der Waals surface area contributed by atoms with Gasteiger partial charge in [-0.2, -0.15) is 0 Å². The first kappa shape index (κ1) is 18.6. The van der Waals surface area contributed by atoms with Gasteiger partial charge in [-0.1, -0.05) is 24.3 Å². The van der Waals surface area contributed by atoms with Crippen LogP contribution in [0.3, 0.4) is 0 Å². The predicted octanol–water partition coefficient (Wildman–Crippen LogP) is 4.81. The molecule has 0 atom stereocenters. The Morgan fingerprint density at radius 1 is 1.00 bits per heavy atom. The third-order valence-electron chi connectivity index (χ3n) is 4.41. The molecule has 0 bridgehead atoms. The largest absolute Gasteiger partial charge is 0.322 e. The second-order valence-corrected chi connectivity index (χ2v) is 6.63. The van der Waals surface area contributed by atoms with Crippen LogP contribution in [-0.2, 0) is 0 Å². The van der Waals surface area contributed by atoms with Gasteiger partial charge in [-0.25, -0.2) is 9.97 Å². The van der Waals surface area contributed by atoms with Gasteiger partial charge in [-0.3, -0.25) is 4.79 Å². The van der Waals surface area contributed by atoms with E-state index >= 15 is 0 Å². The number of nitrogens with zero attached hydrogens (tertiary/aromatic N) is 3. The Hall–Kier alpha value is -3.21. The summed E-state index contributed by atoms with van der Waals surface area (Å²) in [5.74, 6) is 0.361. The average molecular weight is 360 g/mol. The van der Waals surface area contributed by atoms with Gasteiger partial charge in [0.25, 0.3) is 5.91 Å². The lowest BCUT2D eigenvalue weighted by molar-refractivity contribution is 0.102. The zero-order chi connectivity index (χ0) is 19.4. The molecular weight excluding hydrogens is 336 g/mol. The van der Waals surface area contributed by atoms with Gasteiger partial charge in [0.15, 0.2) is 0 Å². The van der Waals surface area contributed by atoms with Crippen LogP contribution in [0.2, 0.25) is 0 Å². The maximum atomic E-state index is 12.5. The topological polar surface area (TPSA) is 58.1 Å². The SMILES string of the molecule is CCN(c1cccc(C)c1)c1ncc(C(=O)Nc2cc(C)ccc2C)cn1. The molecule has 138 valence electrons. The molecule has 5 heteroatoms. The Labute approximate surface area is 160 Å². The van der Waals surface area contributed by atoms with Gasteiger partial charge in [0.05, 0.1) is 5.56 Å². The quantitative estimate of drug-likeness (QED) is 0.709. The van der Waals surface area contributed by atoms with Crippen LogP contribution in [0.1, 0.15) is 34.0 Å². The first-order chi connectivity index (χ1) is 13.0. The Kier molecular flexibility index (Phi) is 5.50. The van der Waals surface area contributed by atoms with Gasteiger partial charge < -0.3 is 10.2 Å². The first-order valence-electron chi connectivity index (χ1n) is 9.03. The van der Waals surface area contributed by atoms with Crippen molar-refractivity contribution in [3.63, 3.8) is 0 Å². The molecule has 27 heavy (non-hydrogen) atoms. The minimum absolute atomic E-state index is 0.214. The second-order valence-electron chi connectivity index (χ2n) is 6.63. The Bertz CT molecular complexity index is 951. The van der Waals surface area contributed by atoms with Crippen molar-refractivity contribution in [1.29, 1.82) is 0 Å². The third-order valence-corrected chi connectivity index (χ3v) is 4.41. The van der Waals surface area contributed by atoms with Crippen molar-refractivity contribution in [3.8, 4) is 0 Å². The van der Waals surface area contributed by atoms with E-state index in [-0.39, 0.29) is 5.91 Å². The van der Waals surface area contributed by atoms with Crippen molar-refractivity contribution in [2.45, 2.75) is 27.7 Å². The highest BCUT2D eigenvalue weighted by molar-refractivity contribution is 6.04. The van der Waals surface area contributed by atoms with Gasteiger partial charge in [-0.15, -0.1) is 0 Å². The van der Waals surface area contributed by atoms with E-state index in [1.165, 1.54) is 5.56 Å². The molecule has 0 saturated carbocycles. The number of hydrogen-bond donors (Lipinski definition) is 1. The van der Waals surface area contributed by atoms with Crippen LogP contribution in [-0.4, -0.2) is 22.4 Å². The number of carbonyl (C=O) groups is 1. The molecule has 0 spiro atoms. The molecule has 3 aromatic rings. The molecule has 0 radical (unpaired) electrons. The van der Waals surface area contributed by atoms with Gasteiger partial charge in [0, 0.05) is 30.3 Å². The summed E-state index contributed by atoms with van der Waals surface area (Å²) in [4.78, 5) is 23.4. The predicted molar refractivity (Wildman–Crippen MR) is 110 cm³/mol. The van der Waals surface area contributed by atoms with E-state index in [1.54, 1.807) is 12.4 Å². The summed E-state index contributed by atoms with van der Waals surface area (Å²) in [5.41, 5.74) is 5.56. The van der Waals surface area contributed by atoms with Crippen LogP contribution in [0.15, 0.2) is 54.9 Å². The summed E-state index contributed by atoms with van der Waals surface area (Å²) in [5, 5.41) is 2.94. The molecule has 0 fully saturated rings. The number of hydrogen-bond acceptors (Lipinski definition) is 4. The summed E-state index contributed by atoms with van der Waals surface area (Å²) in [6.45, 7) is 8.80. The van der Waals surface area contributed by atoms with E-state index in [0.717, 1.165) is 29.0 Å². The summed E-state index contributed by atoms with van der Waals surface area (Å²) >= 11 is 0. The summed E-state index contributed by atoms with van der Waals surface area (Å²) in [6.07, 6.45) is 3.14. The van der Waals surface area contributed by atoms with Crippen LogP contribution < -0.4 is 10.2 Å². The number of anilines is 3. The van der Waals surface area contributed by atoms with Crippen LogP contribution in [0, 0.1) is 20.8 Å². The highest BCUT2D eigenvalue weighted by Gasteiger charge is 2.13. The van der Waals surface area contributed by atoms with Crippen molar-refractivity contribution >= 4 is 23.2 Å². The van der Waals surface area contributed by atoms with Gasteiger partial charge in [-0.05, 0) is 62.6 Å². The average Bonchev–Trinajstić information content (AvgIpc) is 2.66. The molecule has 0 saturated heterocycles. The molecule has 1 amide bonds. The molecular formula is C22H24N4O. The van der Waals surface area contributed by atoms with Crippen molar-refractivity contribution in [2.75, 3.05) is 16.8 Å². The molecule has 1 heterocycles. The molecule has 1 N–H and O–H groups in total. The number of benzene rings is 2. The molecule has 0 aliphatic carbocycles. The van der Waals surface area contributed by atoms with Crippen molar-refractivity contribution in [1.82, 2.24) is 9.97 Å². The highest BCUT2D eigenvalue weighted by Crippen LogP contribution is 2.23. The molecule has 1 aromatic heterocycles. The van der Waals surface area contributed by atoms with Crippen LogP contribution in [0.5, 0.6) is 0 Å². The molecule has 0 unspecified atom stereocenters. The normalized spacial score (nSPS) is 10.5. The molecule has 3 rings (SSSR count). The van der Waals surface area contributed by atoms with Gasteiger partial charge >= 0.3 is 0 Å². The lowest BCUT2D eigenvalue weighted by Crippen LogP contribution is -2.20. The van der Waals surface area contributed by atoms with Gasteiger partial charge in [0.1, 0.15) is 0 Å². The summed E-state index contributed by atoms with van der Waals surface area (Å²) in [7, 11) is 0. The standard InChI is InChI=1S/C22H24N4O/c1-5-26(19-8-6-7-15(2)11-19)22-23-13-18(14-24-22)21(27)25-20-12-16(3)9-10-17(20)4/h6-14H,5H2,1-4H3,(H,25,27). The minimum Gasteiger partial charge on any atom is -0.322 e. The lowest BCUT2D eigenvalue weighted by atomic mass is 10.1. The Morgan fingerprint density at radius 2 is 1.70 bits per heavy atom. The molecule has 0 aliphatic rings. The van der Waals surface area contributed by atoms with Crippen molar-refractivity contribution < 1.29 is 4.79 Å². The fraction of sp³-hybridized carbons (Fsp3) is 0.227. The smallest absolute Gasteiger partial charge is 0.258 e. The van der Waals surface area contributed by atoms with Crippen molar-refractivity contribution in [2.24, 2.45) is 0 Å². The number of carbonyl (C=O) groups excluding carboxylic acids is 1. The number of amides is 1. The zero-order valence-corrected chi connectivity index (χ0v) is 16.2. The Morgan fingerprint density at radius 3 is 2.37 bits per heavy atom. The highest BCUT2D eigenvalue weighted by atomic mass is 16.1. The van der Waals surface area contributed by atoms with E-state index in [2.05, 4.69) is 34.3 Å². The number of aromatic nitrogens is 2. The van der Waals surface area contributed by atoms with E-state index in [0.29, 0.717) is 11.5 Å². The van der Waals surface area contributed by atoms with Crippen LogP contribution in [0.25, 0.3) is 0 Å². The van der Waals surface area contributed by atoms with E-state index in [4.69, 9.17) is 0 Å². The zero-order valence-electron chi connectivity index (χ0n) is 16.2. The third kappa shape index (κ3) is 4.31. The fourth-order valence-corrected chi connectivity index (χ4v) is 2.88. The number of nitrogens with one attached hydrogen (secondary N) is 1. The Balaban J connectivity index is 1.79. The maximum absolute atomic E-state index is 12.5. The van der Waals surface area contributed by atoms with E-state index in [1.807, 2.05) is 56.0 Å². The lowest BCUT2D eigenvalue weighted by Gasteiger charge is -2.21. The minimum atomic E-state index is -0.214. The van der Waals surface area contributed by atoms with Crippen molar-refractivity contribution in [3.05, 3.63) is 77.1 Å². The summed E-state index contributed by atoms with van der Waals surface area (Å²) in [6, 6.07) is 14.2. The van der Waals surface area contributed by atoms with E-state index in [9.17, 15) is 4.79 Å². The fourth-order valence-electron chi connectivity index (χ4n) is 2.88. The second kappa shape index (κ2) is 7.99. The van der Waals surface area contributed by atoms with Crippen LogP contribution >= 0.6 is 0 Å².